The number of amides is 2. The molecular formula is C27H28N4O3S. The first-order valence-corrected chi connectivity index (χ1v) is 12.4. The standard InChI is InChI=1S/C27H28N4O3S/c1-19(22-11-6-12-23(17-22)28-20(2)32)31(18-21-9-4-3-5-10-21)26(33)15-7-14-25-29-27(30-34-25)24-13-8-16-35-24/h3-6,8-13,16-17,19H,7,14-15,18H2,1-2H3,(H,28,32). The summed E-state index contributed by atoms with van der Waals surface area (Å²) in [4.78, 5) is 32.2. The van der Waals surface area contributed by atoms with Gasteiger partial charge in [0.2, 0.25) is 23.5 Å². The van der Waals surface area contributed by atoms with Crippen LogP contribution < -0.4 is 5.32 Å². The van der Waals surface area contributed by atoms with Crippen LogP contribution in [0.5, 0.6) is 0 Å². The van der Waals surface area contributed by atoms with Crippen LogP contribution in [0.4, 0.5) is 5.69 Å². The fourth-order valence-electron chi connectivity index (χ4n) is 3.88. The third-order valence-corrected chi connectivity index (χ3v) is 6.53. The van der Waals surface area contributed by atoms with Gasteiger partial charge < -0.3 is 14.7 Å². The maximum Gasteiger partial charge on any atom is 0.226 e. The van der Waals surface area contributed by atoms with E-state index in [0.29, 0.717) is 43.2 Å². The quantitative estimate of drug-likeness (QED) is 0.302. The predicted molar refractivity (Wildman–Crippen MR) is 137 cm³/mol. The Morgan fingerprint density at radius 2 is 1.91 bits per heavy atom. The summed E-state index contributed by atoms with van der Waals surface area (Å²) in [6.45, 7) is 3.99. The lowest BCUT2D eigenvalue weighted by Crippen LogP contribution is -2.33. The Labute approximate surface area is 208 Å². The van der Waals surface area contributed by atoms with Gasteiger partial charge in [-0.1, -0.05) is 53.7 Å². The molecule has 2 aromatic carbocycles. The zero-order chi connectivity index (χ0) is 24.6. The van der Waals surface area contributed by atoms with Gasteiger partial charge in [-0.05, 0) is 48.1 Å². The number of benzene rings is 2. The molecule has 0 saturated heterocycles. The lowest BCUT2D eigenvalue weighted by molar-refractivity contribution is -0.134. The molecular weight excluding hydrogens is 460 g/mol. The number of carbonyl (C=O) groups is 2. The maximum atomic E-state index is 13.4. The highest BCUT2D eigenvalue weighted by Crippen LogP contribution is 2.26. The van der Waals surface area contributed by atoms with Gasteiger partial charge in [-0.15, -0.1) is 11.3 Å². The van der Waals surface area contributed by atoms with Crippen LogP contribution in [0.3, 0.4) is 0 Å². The molecule has 180 valence electrons. The van der Waals surface area contributed by atoms with Crippen LogP contribution in [0.25, 0.3) is 10.7 Å². The number of aromatic nitrogens is 2. The summed E-state index contributed by atoms with van der Waals surface area (Å²) < 4.78 is 5.37. The molecule has 2 aromatic heterocycles. The van der Waals surface area contributed by atoms with Crippen molar-refractivity contribution in [2.45, 2.75) is 45.7 Å². The molecule has 0 fully saturated rings. The molecule has 7 nitrogen and oxygen atoms in total. The summed E-state index contributed by atoms with van der Waals surface area (Å²) in [5.74, 6) is 1.03. The van der Waals surface area contributed by atoms with Gasteiger partial charge in [0.25, 0.3) is 0 Å². The fourth-order valence-corrected chi connectivity index (χ4v) is 4.53. The molecule has 0 aliphatic heterocycles. The average molecular weight is 489 g/mol. The number of anilines is 1. The SMILES string of the molecule is CC(=O)Nc1cccc(C(C)N(Cc2ccccc2)C(=O)CCCc2nc(-c3cccs3)no2)c1. The van der Waals surface area contributed by atoms with E-state index < -0.39 is 0 Å². The van der Waals surface area contributed by atoms with Crippen molar-refractivity contribution in [3.8, 4) is 10.7 Å². The largest absolute Gasteiger partial charge is 0.339 e. The fraction of sp³-hybridized carbons (Fsp3) is 0.259. The van der Waals surface area contributed by atoms with Crippen molar-refractivity contribution in [1.29, 1.82) is 0 Å². The van der Waals surface area contributed by atoms with Gasteiger partial charge in [-0.25, -0.2) is 0 Å². The number of nitrogens with zero attached hydrogens (tertiary/aromatic N) is 3. The Bertz CT molecular complexity index is 1250. The number of thiophene rings is 1. The maximum absolute atomic E-state index is 13.4. The molecule has 4 aromatic rings. The summed E-state index contributed by atoms with van der Waals surface area (Å²) >= 11 is 1.56. The second-order valence-corrected chi connectivity index (χ2v) is 9.28. The third-order valence-electron chi connectivity index (χ3n) is 5.66. The summed E-state index contributed by atoms with van der Waals surface area (Å²) in [6, 6.07) is 21.3. The van der Waals surface area contributed by atoms with Crippen molar-refractivity contribution < 1.29 is 14.1 Å². The average Bonchev–Trinajstić information content (AvgIpc) is 3.55. The van der Waals surface area contributed by atoms with E-state index in [1.54, 1.807) is 11.3 Å². The zero-order valence-electron chi connectivity index (χ0n) is 19.8. The molecule has 1 N–H and O–H groups in total. The minimum Gasteiger partial charge on any atom is -0.339 e. The third kappa shape index (κ3) is 6.64. The molecule has 1 unspecified atom stereocenters. The smallest absolute Gasteiger partial charge is 0.226 e. The molecule has 0 aliphatic rings. The molecule has 8 heteroatoms. The van der Waals surface area contributed by atoms with Crippen LogP contribution in [0.1, 0.15) is 49.7 Å². The van der Waals surface area contributed by atoms with E-state index in [4.69, 9.17) is 4.52 Å². The minimum atomic E-state index is -0.176. The van der Waals surface area contributed by atoms with Gasteiger partial charge in [0.05, 0.1) is 10.9 Å². The normalized spacial score (nSPS) is 11.7. The summed E-state index contributed by atoms with van der Waals surface area (Å²) in [5.41, 5.74) is 2.73. The molecule has 35 heavy (non-hydrogen) atoms. The highest BCUT2D eigenvalue weighted by molar-refractivity contribution is 7.13. The number of carbonyl (C=O) groups excluding carboxylic acids is 2. The van der Waals surface area contributed by atoms with Crippen molar-refractivity contribution in [3.63, 3.8) is 0 Å². The van der Waals surface area contributed by atoms with E-state index in [-0.39, 0.29) is 17.9 Å². The van der Waals surface area contributed by atoms with Gasteiger partial charge in [0, 0.05) is 32.0 Å². The Kier molecular flexibility index (Phi) is 8.05. The van der Waals surface area contributed by atoms with E-state index in [1.165, 1.54) is 6.92 Å². The van der Waals surface area contributed by atoms with Gasteiger partial charge >= 0.3 is 0 Å². The molecule has 4 rings (SSSR count). The Hall–Kier alpha value is -3.78. The second-order valence-electron chi connectivity index (χ2n) is 8.33. The predicted octanol–water partition coefficient (Wildman–Crippen LogP) is 5.87. The first kappa shape index (κ1) is 24.3. The zero-order valence-corrected chi connectivity index (χ0v) is 20.6. The second kappa shape index (κ2) is 11.6. The van der Waals surface area contributed by atoms with E-state index in [0.717, 1.165) is 16.0 Å². The molecule has 0 bridgehead atoms. The minimum absolute atomic E-state index is 0.0456. The summed E-state index contributed by atoms with van der Waals surface area (Å²) in [6.07, 6.45) is 1.50. The molecule has 0 saturated carbocycles. The lowest BCUT2D eigenvalue weighted by atomic mass is 10.0. The van der Waals surface area contributed by atoms with Gasteiger partial charge in [0.1, 0.15) is 0 Å². The summed E-state index contributed by atoms with van der Waals surface area (Å²) in [5, 5.41) is 8.83. The van der Waals surface area contributed by atoms with Crippen molar-refractivity contribution in [2.75, 3.05) is 5.32 Å². The first-order valence-electron chi connectivity index (χ1n) is 11.6. The van der Waals surface area contributed by atoms with Crippen LogP contribution in [0, 0.1) is 0 Å². The molecule has 0 radical (unpaired) electrons. The van der Waals surface area contributed by atoms with E-state index in [1.807, 2.05) is 83.9 Å². The number of hydrogen-bond donors (Lipinski definition) is 1. The van der Waals surface area contributed by atoms with Crippen LogP contribution in [0.15, 0.2) is 76.6 Å². The molecule has 0 spiro atoms. The van der Waals surface area contributed by atoms with Crippen LogP contribution in [-0.4, -0.2) is 26.9 Å². The van der Waals surface area contributed by atoms with Crippen molar-refractivity contribution in [1.82, 2.24) is 15.0 Å². The van der Waals surface area contributed by atoms with E-state index >= 15 is 0 Å². The number of nitrogens with one attached hydrogen (secondary N) is 1. The number of hydrogen-bond acceptors (Lipinski definition) is 6. The van der Waals surface area contributed by atoms with E-state index in [2.05, 4.69) is 15.5 Å². The number of rotatable bonds is 10. The number of aryl methyl sites for hydroxylation is 1. The van der Waals surface area contributed by atoms with Gasteiger partial charge in [-0.3, -0.25) is 9.59 Å². The molecule has 2 heterocycles. The van der Waals surface area contributed by atoms with Gasteiger partial charge in [-0.2, -0.15) is 4.98 Å². The van der Waals surface area contributed by atoms with Crippen molar-refractivity contribution in [2.24, 2.45) is 0 Å². The highest BCUT2D eigenvalue weighted by atomic mass is 32.1. The van der Waals surface area contributed by atoms with Crippen LogP contribution in [-0.2, 0) is 22.6 Å². The Balaban J connectivity index is 1.44. The Morgan fingerprint density at radius 1 is 1.09 bits per heavy atom. The first-order chi connectivity index (χ1) is 17.0. The highest BCUT2D eigenvalue weighted by Gasteiger charge is 2.22. The van der Waals surface area contributed by atoms with Gasteiger partial charge in [0.15, 0.2) is 0 Å². The molecule has 1 atom stereocenters. The topological polar surface area (TPSA) is 88.3 Å². The molecule has 0 aliphatic carbocycles. The van der Waals surface area contributed by atoms with Crippen molar-refractivity contribution >= 4 is 28.8 Å². The van der Waals surface area contributed by atoms with Crippen LogP contribution >= 0.6 is 11.3 Å². The van der Waals surface area contributed by atoms with Crippen LogP contribution in [0.2, 0.25) is 0 Å². The molecule has 2 amide bonds. The monoisotopic (exact) mass is 488 g/mol. The lowest BCUT2D eigenvalue weighted by Gasteiger charge is -2.30. The Morgan fingerprint density at radius 3 is 2.66 bits per heavy atom. The summed E-state index contributed by atoms with van der Waals surface area (Å²) in [7, 11) is 0. The van der Waals surface area contributed by atoms with E-state index in [9.17, 15) is 9.59 Å². The van der Waals surface area contributed by atoms with Crippen molar-refractivity contribution in [3.05, 3.63) is 89.1 Å².